The average Bonchev–Trinajstić information content (AvgIpc) is 3.49. The van der Waals surface area contributed by atoms with E-state index in [1.54, 1.807) is 30.3 Å². The van der Waals surface area contributed by atoms with Crippen molar-refractivity contribution < 1.29 is 19.3 Å². The first kappa shape index (κ1) is 26.0. The summed E-state index contributed by atoms with van der Waals surface area (Å²) >= 11 is 3.42. The second kappa shape index (κ2) is 9.60. The molecule has 0 unspecified atom stereocenters. The average molecular weight is 620 g/mol. The SMILES string of the molecule is O=C(c1cccc([N+](=O)[O-])c1)[C@@H]1[C@H](C(=O)c2ccc(Br)cc2)[C@]2(C(=O)Nc3ccccc32)[C@H]2C=Cc3ccccc3N12. The largest absolute Gasteiger partial charge is 0.352 e. The summed E-state index contributed by atoms with van der Waals surface area (Å²) in [5.74, 6) is -2.36. The van der Waals surface area contributed by atoms with Crippen molar-refractivity contribution in [1.29, 1.82) is 0 Å². The third-order valence-electron chi connectivity index (χ3n) is 8.56. The molecule has 4 atom stereocenters. The predicted octanol–water partition coefficient (Wildman–Crippen LogP) is 6.21. The summed E-state index contributed by atoms with van der Waals surface area (Å²) in [7, 11) is 0. The molecule has 8 nitrogen and oxygen atoms in total. The number of hydrogen-bond acceptors (Lipinski definition) is 6. The predicted molar refractivity (Wildman–Crippen MR) is 162 cm³/mol. The molecule has 1 fully saturated rings. The van der Waals surface area contributed by atoms with Gasteiger partial charge in [0.15, 0.2) is 11.6 Å². The van der Waals surface area contributed by atoms with Gasteiger partial charge < -0.3 is 10.2 Å². The summed E-state index contributed by atoms with van der Waals surface area (Å²) in [5.41, 5.74) is 1.53. The lowest BCUT2D eigenvalue weighted by molar-refractivity contribution is -0.384. The van der Waals surface area contributed by atoms with E-state index in [0.717, 1.165) is 10.0 Å². The van der Waals surface area contributed by atoms with Gasteiger partial charge in [0.1, 0.15) is 11.5 Å². The van der Waals surface area contributed by atoms with E-state index >= 15 is 0 Å². The van der Waals surface area contributed by atoms with Gasteiger partial charge in [-0.15, -0.1) is 0 Å². The number of Topliss-reactive ketones (excluding diaryl/α,β-unsaturated/α-hetero) is 2. The zero-order valence-electron chi connectivity index (χ0n) is 21.9. The van der Waals surface area contributed by atoms with Gasteiger partial charge in [0.25, 0.3) is 5.69 Å². The highest BCUT2D eigenvalue weighted by atomic mass is 79.9. The van der Waals surface area contributed by atoms with Crippen LogP contribution in [0.3, 0.4) is 0 Å². The quantitative estimate of drug-likeness (QED) is 0.161. The minimum Gasteiger partial charge on any atom is -0.352 e. The van der Waals surface area contributed by atoms with E-state index in [9.17, 15) is 24.5 Å². The van der Waals surface area contributed by atoms with Gasteiger partial charge in [-0.05, 0) is 35.4 Å². The Balaban J connectivity index is 1.53. The Hall–Kier alpha value is -4.89. The molecule has 1 spiro atoms. The van der Waals surface area contributed by atoms with Crippen molar-refractivity contribution in [2.45, 2.75) is 17.5 Å². The summed E-state index contributed by atoms with van der Waals surface area (Å²) in [5, 5.41) is 14.6. The van der Waals surface area contributed by atoms with Crippen molar-refractivity contribution in [3.05, 3.63) is 140 Å². The summed E-state index contributed by atoms with van der Waals surface area (Å²) in [6.07, 6.45) is 3.82. The van der Waals surface area contributed by atoms with Crippen LogP contribution in [0.2, 0.25) is 0 Å². The lowest BCUT2D eigenvalue weighted by Crippen LogP contribution is -2.51. The molecular formula is C33H22BrN3O5. The lowest BCUT2D eigenvalue weighted by Gasteiger charge is -2.37. The van der Waals surface area contributed by atoms with Gasteiger partial charge in [-0.1, -0.05) is 88.7 Å². The number of carbonyl (C=O) groups excluding carboxylic acids is 3. The van der Waals surface area contributed by atoms with E-state index in [0.29, 0.717) is 22.5 Å². The molecule has 206 valence electrons. The first-order chi connectivity index (χ1) is 20.3. The van der Waals surface area contributed by atoms with Crippen LogP contribution >= 0.6 is 15.9 Å². The number of amides is 1. The fourth-order valence-corrected chi connectivity index (χ4v) is 7.12. The van der Waals surface area contributed by atoms with Gasteiger partial charge in [0, 0.05) is 39.1 Å². The van der Waals surface area contributed by atoms with Crippen molar-refractivity contribution in [3.63, 3.8) is 0 Å². The van der Waals surface area contributed by atoms with Crippen molar-refractivity contribution in [2.75, 3.05) is 10.2 Å². The summed E-state index contributed by atoms with van der Waals surface area (Å²) in [4.78, 5) is 56.7. The van der Waals surface area contributed by atoms with Crippen LogP contribution in [0, 0.1) is 16.0 Å². The van der Waals surface area contributed by atoms with Crippen LogP contribution < -0.4 is 10.2 Å². The van der Waals surface area contributed by atoms with Crippen molar-refractivity contribution in [3.8, 4) is 0 Å². The van der Waals surface area contributed by atoms with Gasteiger partial charge >= 0.3 is 0 Å². The molecule has 1 N–H and O–H groups in total. The summed E-state index contributed by atoms with van der Waals surface area (Å²) < 4.78 is 0.780. The number of nitrogens with one attached hydrogen (secondary N) is 1. The number of non-ortho nitro benzene ring substituents is 1. The van der Waals surface area contributed by atoms with Crippen LogP contribution in [0.15, 0.2) is 108 Å². The fraction of sp³-hybridized carbons (Fsp3) is 0.121. The molecule has 3 aliphatic heterocycles. The Morgan fingerprint density at radius 2 is 1.62 bits per heavy atom. The first-order valence-corrected chi connectivity index (χ1v) is 14.2. The molecule has 0 saturated carbocycles. The maximum atomic E-state index is 14.7. The van der Waals surface area contributed by atoms with Crippen molar-refractivity contribution >= 4 is 56.5 Å². The molecule has 0 bridgehead atoms. The highest BCUT2D eigenvalue weighted by molar-refractivity contribution is 9.10. The molecule has 4 aromatic carbocycles. The number of hydrogen-bond donors (Lipinski definition) is 1. The third kappa shape index (κ3) is 3.63. The number of rotatable bonds is 5. The molecule has 42 heavy (non-hydrogen) atoms. The smallest absolute Gasteiger partial charge is 0.270 e. The van der Waals surface area contributed by atoms with Gasteiger partial charge in [0.2, 0.25) is 5.91 Å². The minimum absolute atomic E-state index is 0.0948. The highest BCUT2D eigenvalue weighted by Gasteiger charge is 2.70. The summed E-state index contributed by atoms with van der Waals surface area (Å²) in [6, 6.07) is 25.3. The first-order valence-electron chi connectivity index (χ1n) is 13.4. The molecule has 3 aliphatic rings. The van der Waals surface area contributed by atoms with E-state index in [1.165, 1.54) is 24.3 Å². The topological polar surface area (TPSA) is 110 Å². The molecule has 1 saturated heterocycles. The number of anilines is 2. The van der Waals surface area contributed by atoms with E-state index in [1.807, 2.05) is 59.5 Å². The number of nitro benzene ring substituents is 1. The number of carbonyl (C=O) groups is 3. The number of para-hydroxylation sites is 2. The van der Waals surface area contributed by atoms with Crippen molar-refractivity contribution in [1.82, 2.24) is 0 Å². The molecule has 7 rings (SSSR count). The standard InChI is InChI=1S/C33H22BrN3O5/c34-22-15-12-20(13-16-22)30(38)28-29(31(39)21-7-5-8-23(18-21)37(41)42)36-26-11-4-1-6-19(26)14-17-27(36)33(28)24-9-2-3-10-25(24)35-32(33)40/h1-18,27-29H,(H,35,40)/t27-,28-,29+,33-/m1/s1. The Kier molecular flexibility index (Phi) is 5.95. The lowest BCUT2D eigenvalue weighted by atomic mass is 9.64. The van der Waals surface area contributed by atoms with Crippen LogP contribution in [0.5, 0.6) is 0 Å². The number of nitro groups is 1. The Morgan fingerprint density at radius 1 is 0.881 bits per heavy atom. The third-order valence-corrected chi connectivity index (χ3v) is 9.09. The zero-order chi connectivity index (χ0) is 29.2. The van der Waals surface area contributed by atoms with Crippen LogP contribution in [-0.2, 0) is 10.2 Å². The molecule has 9 heteroatoms. The van der Waals surface area contributed by atoms with E-state index in [-0.39, 0.29) is 22.9 Å². The molecule has 0 radical (unpaired) electrons. The maximum Gasteiger partial charge on any atom is 0.270 e. The summed E-state index contributed by atoms with van der Waals surface area (Å²) in [6.45, 7) is 0. The number of halogens is 1. The molecule has 1 amide bonds. The van der Waals surface area contributed by atoms with Crippen LogP contribution in [0.4, 0.5) is 17.1 Å². The van der Waals surface area contributed by atoms with Gasteiger partial charge in [-0.3, -0.25) is 24.5 Å². The maximum absolute atomic E-state index is 14.7. The molecule has 4 aromatic rings. The van der Waals surface area contributed by atoms with E-state index < -0.39 is 34.1 Å². The molecular weight excluding hydrogens is 598 g/mol. The zero-order valence-corrected chi connectivity index (χ0v) is 23.5. The van der Waals surface area contributed by atoms with E-state index in [4.69, 9.17) is 0 Å². The normalized spacial score (nSPS) is 23.2. The number of ketones is 2. The Labute approximate surface area is 248 Å². The van der Waals surface area contributed by atoms with Gasteiger partial charge in [-0.25, -0.2) is 0 Å². The van der Waals surface area contributed by atoms with Crippen LogP contribution in [0.1, 0.15) is 31.8 Å². The van der Waals surface area contributed by atoms with E-state index in [2.05, 4.69) is 21.2 Å². The van der Waals surface area contributed by atoms with Gasteiger partial charge in [0.05, 0.1) is 16.9 Å². The number of fused-ring (bicyclic) bond motifs is 6. The number of benzene rings is 4. The van der Waals surface area contributed by atoms with Gasteiger partial charge in [-0.2, -0.15) is 0 Å². The van der Waals surface area contributed by atoms with Crippen LogP contribution in [-0.4, -0.2) is 34.5 Å². The minimum atomic E-state index is -1.45. The van der Waals surface area contributed by atoms with Crippen LogP contribution in [0.25, 0.3) is 6.08 Å². The molecule has 0 aliphatic carbocycles. The molecule has 3 heterocycles. The monoisotopic (exact) mass is 619 g/mol. The Bertz CT molecular complexity index is 1850. The fourth-order valence-electron chi connectivity index (χ4n) is 6.86. The highest BCUT2D eigenvalue weighted by Crippen LogP contribution is 2.58. The second-order valence-electron chi connectivity index (χ2n) is 10.6. The van der Waals surface area contributed by atoms with Crippen molar-refractivity contribution in [2.24, 2.45) is 5.92 Å². The molecule has 0 aromatic heterocycles. The number of nitrogens with zero attached hydrogens (tertiary/aromatic N) is 2. The second-order valence-corrected chi connectivity index (χ2v) is 11.5. The Morgan fingerprint density at radius 3 is 2.40 bits per heavy atom.